The molecule has 1 unspecified atom stereocenters. The van der Waals surface area contributed by atoms with Gasteiger partial charge in [0, 0.05) is 0 Å². The summed E-state index contributed by atoms with van der Waals surface area (Å²) in [5.74, 6) is 0.431. The lowest BCUT2D eigenvalue weighted by Gasteiger charge is -2.15. The topological polar surface area (TPSA) is 20.2 Å². The first kappa shape index (κ1) is 12.8. The van der Waals surface area contributed by atoms with Gasteiger partial charge in [-0.2, -0.15) is 0 Å². The van der Waals surface area contributed by atoms with E-state index in [0.717, 1.165) is 11.1 Å². The van der Waals surface area contributed by atoms with E-state index in [1.807, 2.05) is 19.1 Å². The Bertz CT molecular complexity index is 334. The lowest BCUT2D eigenvalue weighted by molar-refractivity contribution is 0.192. The predicted octanol–water partition coefficient (Wildman–Crippen LogP) is 3.96. The average Bonchev–Trinajstić information content (AvgIpc) is 2.15. The van der Waals surface area contributed by atoms with E-state index in [2.05, 4.69) is 19.9 Å². The fourth-order valence-corrected chi connectivity index (χ4v) is 1.78. The largest absolute Gasteiger partial charge is 0.386 e. The number of rotatable bonds is 3. The Morgan fingerprint density at radius 2 is 1.60 bits per heavy atom. The smallest absolute Gasteiger partial charge is 0.137 e. The highest BCUT2D eigenvalue weighted by Crippen LogP contribution is 2.27. The van der Waals surface area contributed by atoms with Gasteiger partial charge >= 0.3 is 0 Å². The quantitative estimate of drug-likeness (QED) is 0.801. The molecule has 1 aromatic rings. The zero-order chi connectivity index (χ0) is 11.6. The summed E-state index contributed by atoms with van der Waals surface area (Å²) in [6, 6.07) is 5.98. The third kappa shape index (κ3) is 3.37. The summed E-state index contributed by atoms with van der Waals surface area (Å²) in [4.78, 5) is -0.785. The van der Waals surface area contributed by atoms with E-state index < -0.39 is 10.9 Å². The van der Waals surface area contributed by atoms with Gasteiger partial charge in [-0.3, -0.25) is 0 Å². The lowest BCUT2D eigenvalue weighted by Crippen LogP contribution is -2.07. The summed E-state index contributed by atoms with van der Waals surface area (Å²) in [6.07, 6.45) is -0.814. The van der Waals surface area contributed by atoms with E-state index >= 15 is 0 Å². The van der Waals surface area contributed by atoms with Gasteiger partial charge in [-0.05, 0) is 24.0 Å². The molecule has 15 heavy (non-hydrogen) atoms. The van der Waals surface area contributed by atoms with Crippen molar-refractivity contribution in [2.45, 2.75) is 37.6 Å². The molecule has 0 spiro atoms. The fraction of sp³-hybridized carbons (Fsp3) is 0.500. The zero-order valence-corrected chi connectivity index (χ0v) is 10.7. The van der Waals surface area contributed by atoms with Crippen molar-refractivity contribution in [1.29, 1.82) is 0 Å². The first-order valence-corrected chi connectivity index (χ1v) is 5.86. The molecule has 0 saturated heterocycles. The number of alkyl halides is 2. The van der Waals surface area contributed by atoms with Crippen LogP contribution in [-0.2, 0) is 0 Å². The summed E-state index contributed by atoms with van der Waals surface area (Å²) in [6.45, 7) is 6.23. The highest BCUT2D eigenvalue weighted by Gasteiger charge is 2.16. The monoisotopic (exact) mass is 246 g/mol. The molecule has 0 aliphatic carbocycles. The molecule has 0 aliphatic heterocycles. The van der Waals surface area contributed by atoms with Gasteiger partial charge in [-0.1, -0.05) is 37.6 Å². The fourth-order valence-electron chi connectivity index (χ4n) is 1.49. The second-order valence-electron chi connectivity index (χ2n) is 4.11. The van der Waals surface area contributed by atoms with Gasteiger partial charge in [0.2, 0.25) is 0 Å². The molecule has 0 aliphatic rings. The number of aliphatic hydroxyl groups excluding tert-OH is 1. The molecular formula is C12H16Cl2O. The SMILES string of the molecule is Cc1cc(C(C)C)cc(C(O)C(Cl)Cl)c1. The average molecular weight is 247 g/mol. The Morgan fingerprint density at radius 1 is 1.07 bits per heavy atom. The molecule has 0 amide bonds. The summed E-state index contributed by atoms with van der Waals surface area (Å²) in [5.41, 5.74) is 3.09. The van der Waals surface area contributed by atoms with Crippen LogP contribution in [0.25, 0.3) is 0 Å². The Morgan fingerprint density at radius 3 is 2.07 bits per heavy atom. The molecule has 0 fully saturated rings. The van der Waals surface area contributed by atoms with Gasteiger partial charge < -0.3 is 5.11 Å². The van der Waals surface area contributed by atoms with Crippen molar-refractivity contribution >= 4 is 23.2 Å². The maximum atomic E-state index is 9.76. The third-order valence-corrected chi connectivity index (χ3v) is 2.85. The number of hydrogen-bond acceptors (Lipinski definition) is 1. The van der Waals surface area contributed by atoms with E-state index in [0.29, 0.717) is 5.92 Å². The molecule has 0 radical (unpaired) electrons. The van der Waals surface area contributed by atoms with Gasteiger partial charge in [-0.25, -0.2) is 0 Å². The van der Waals surface area contributed by atoms with Gasteiger partial charge in [0.05, 0.1) is 0 Å². The molecule has 0 saturated carbocycles. The van der Waals surface area contributed by atoms with Gasteiger partial charge in [0.25, 0.3) is 0 Å². The van der Waals surface area contributed by atoms with Crippen LogP contribution in [0.15, 0.2) is 18.2 Å². The number of halogens is 2. The maximum absolute atomic E-state index is 9.76. The summed E-state index contributed by atoms with van der Waals surface area (Å²) in [7, 11) is 0. The molecule has 0 aromatic heterocycles. The van der Waals surface area contributed by atoms with E-state index in [-0.39, 0.29) is 0 Å². The maximum Gasteiger partial charge on any atom is 0.137 e. The van der Waals surface area contributed by atoms with Crippen LogP contribution in [0, 0.1) is 6.92 Å². The number of hydrogen-bond donors (Lipinski definition) is 1. The van der Waals surface area contributed by atoms with Gasteiger partial charge in [-0.15, -0.1) is 23.2 Å². The van der Waals surface area contributed by atoms with Gasteiger partial charge in [0.1, 0.15) is 10.9 Å². The molecule has 1 N–H and O–H groups in total. The summed E-state index contributed by atoms with van der Waals surface area (Å²) < 4.78 is 0. The third-order valence-electron chi connectivity index (χ3n) is 2.37. The van der Waals surface area contributed by atoms with Crippen LogP contribution >= 0.6 is 23.2 Å². The van der Waals surface area contributed by atoms with Crippen molar-refractivity contribution in [3.05, 3.63) is 34.9 Å². The van der Waals surface area contributed by atoms with Crippen LogP contribution in [0.3, 0.4) is 0 Å². The first-order valence-electron chi connectivity index (χ1n) is 4.99. The molecule has 1 rings (SSSR count). The standard InChI is InChI=1S/C12H16Cl2O/c1-7(2)9-4-8(3)5-10(6-9)11(15)12(13)14/h4-7,11-12,15H,1-3H3. The zero-order valence-electron chi connectivity index (χ0n) is 9.17. The van der Waals surface area contributed by atoms with Crippen molar-refractivity contribution < 1.29 is 5.11 Å². The Labute approximate surface area is 101 Å². The minimum absolute atomic E-state index is 0.431. The summed E-state index contributed by atoms with van der Waals surface area (Å²) in [5, 5.41) is 9.76. The van der Waals surface area contributed by atoms with Crippen molar-refractivity contribution in [3.63, 3.8) is 0 Å². The molecule has 1 aromatic carbocycles. The van der Waals surface area contributed by atoms with Crippen LogP contribution in [0.2, 0.25) is 0 Å². The van der Waals surface area contributed by atoms with Crippen LogP contribution < -0.4 is 0 Å². The van der Waals surface area contributed by atoms with Crippen LogP contribution in [0.4, 0.5) is 0 Å². The molecule has 1 atom stereocenters. The van der Waals surface area contributed by atoms with Crippen LogP contribution in [0.1, 0.15) is 42.6 Å². The van der Waals surface area contributed by atoms with E-state index in [1.165, 1.54) is 5.56 Å². The number of aliphatic hydroxyl groups is 1. The molecule has 0 heterocycles. The Kier molecular flexibility index (Phi) is 4.45. The summed E-state index contributed by atoms with van der Waals surface area (Å²) >= 11 is 11.3. The first-order chi connectivity index (χ1) is 6.91. The van der Waals surface area contributed by atoms with Crippen LogP contribution in [-0.4, -0.2) is 9.94 Å². The van der Waals surface area contributed by atoms with Crippen molar-refractivity contribution in [2.24, 2.45) is 0 Å². The molecule has 3 heteroatoms. The lowest BCUT2D eigenvalue weighted by atomic mass is 9.96. The number of aryl methyl sites for hydroxylation is 1. The molecular weight excluding hydrogens is 231 g/mol. The molecule has 0 bridgehead atoms. The normalized spacial score (nSPS) is 13.6. The highest BCUT2D eigenvalue weighted by molar-refractivity contribution is 6.44. The highest BCUT2D eigenvalue weighted by atomic mass is 35.5. The van der Waals surface area contributed by atoms with E-state index in [4.69, 9.17) is 23.2 Å². The number of benzene rings is 1. The molecule has 84 valence electrons. The molecule has 1 nitrogen and oxygen atoms in total. The second-order valence-corrected chi connectivity index (χ2v) is 5.27. The Hall–Kier alpha value is -0.240. The van der Waals surface area contributed by atoms with Crippen molar-refractivity contribution in [2.75, 3.05) is 0 Å². The Balaban J connectivity index is 3.09. The van der Waals surface area contributed by atoms with E-state index in [1.54, 1.807) is 0 Å². The minimum atomic E-state index is -0.814. The van der Waals surface area contributed by atoms with E-state index in [9.17, 15) is 5.11 Å². The van der Waals surface area contributed by atoms with Gasteiger partial charge in [0.15, 0.2) is 0 Å². The van der Waals surface area contributed by atoms with Crippen molar-refractivity contribution in [1.82, 2.24) is 0 Å². The minimum Gasteiger partial charge on any atom is -0.386 e. The van der Waals surface area contributed by atoms with Crippen LogP contribution in [0.5, 0.6) is 0 Å². The predicted molar refractivity (Wildman–Crippen MR) is 65.7 cm³/mol. The van der Waals surface area contributed by atoms with Crippen molar-refractivity contribution in [3.8, 4) is 0 Å². The second kappa shape index (κ2) is 5.20.